The van der Waals surface area contributed by atoms with Gasteiger partial charge in [0.05, 0.1) is 16.5 Å². The number of anilines is 1. The number of thiophene rings is 1. The summed E-state index contributed by atoms with van der Waals surface area (Å²) in [5, 5.41) is 14.5. The van der Waals surface area contributed by atoms with Gasteiger partial charge in [0.25, 0.3) is 0 Å². The number of carboxylic acid groups (broad SMARTS) is 1. The van der Waals surface area contributed by atoms with E-state index in [-0.39, 0.29) is 17.9 Å². The van der Waals surface area contributed by atoms with E-state index in [1.54, 1.807) is 17.5 Å². The number of carbonyl (C=O) groups is 1. The molecule has 4 aliphatic carbocycles. The third-order valence-electron chi connectivity index (χ3n) is 8.00. The largest absolute Gasteiger partial charge is 0.481 e. The highest BCUT2D eigenvalue weighted by Gasteiger charge is 2.47. The monoisotopic (exact) mass is 486 g/mol. The normalized spacial score (nSPS) is 25.7. The third kappa shape index (κ3) is 3.69. The zero-order chi connectivity index (χ0) is 23.5. The van der Waals surface area contributed by atoms with Gasteiger partial charge >= 0.3 is 5.97 Å². The number of nitrogens with zero attached hydrogens (tertiary/aromatic N) is 4. The Morgan fingerprint density at radius 1 is 1.09 bits per heavy atom. The number of rotatable bonds is 6. The van der Waals surface area contributed by atoms with Gasteiger partial charge in [0, 0.05) is 40.3 Å². The SMILES string of the molecule is O=C(O)C1C2CCC(CC2)C1Nc1cc(-c2ccc(C3CC3)s2)nc(-c2c[nH]c3ncncc23)n1. The molecule has 4 fully saturated rings. The Hall–Kier alpha value is -3.33. The van der Waals surface area contributed by atoms with E-state index in [4.69, 9.17) is 9.97 Å². The lowest BCUT2D eigenvalue weighted by Crippen LogP contribution is -2.51. The number of nitrogens with one attached hydrogen (secondary N) is 2. The van der Waals surface area contributed by atoms with E-state index in [0.29, 0.717) is 23.5 Å². The number of aromatic nitrogens is 5. The van der Waals surface area contributed by atoms with Crippen LogP contribution in [0, 0.1) is 17.8 Å². The van der Waals surface area contributed by atoms with E-state index >= 15 is 0 Å². The number of H-pyrrole nitrogens is 1. The van der Waals surface area contributed by atoms with E-state index in [1.165, 1.54) is 24.0 Å². The van der Waals surface area contributed by atoms with Crippen LogP contribution >= 0.6 is 11.3 Å². The van der Waals surface area contributed by atoms with Crippen molar-refractivity contribution in [2.45, 2.75) is 50.5 Å². The molecule has 2 bridgehead atoms. The van der Waals surface area contributed by atoms with Gasteiger partial charge in [-0.05, 0) is 68.4 Å². The summed E-state index contributed by atoms with van der Waals surface area (Å²) >= 11 is 1.79. The Kier molecular flexibility index (Phi) is 4.87. The van der Waals surface area contributed by atoms with Gasteiger partial charge in [-0.3, -0.25) is 4.79 Å². The molecule has 2 unspecified atom stereocenters. The topological polar surface area (TPSA) is 117 Å². The quantitative estimate of drug-likeness (QED) is 0.338. The van der Waals surface area contributed by atoms with Crippen LogP contribution in [0.15, 0.2) is 36.9 Å². The highest BCUT2D eigenvalue weighted by molar-refractivity contribution is 7.15. The van der Waals surface area contributed by atoms with Crippen molar-refractivity contribution in [2.75, 3.05) is 5.32 Å². The summed E-state index contributed by atoms with van der Waals surface area (Å²) in [6.07, 6.45) is 11.9. The first kappa shape index (κ1) is 21.0. The molecule has 0 spiro atoms. The van der Waals surface area contributed by atoms with Crippen LogP contribution in [0.4, 0.5) is 5.82 Å². The van der Waals surface area contributed by atoms with E-state index in [2.05, 4.69) is 32.4 Å². The standard InChI is InChI=1S/C26H26N6O2S/c33-26(34)22-14-3-5-15(6-4-14)23(22)31-21-9-18(20-8-7-19(35-20)13-1-2-13)30-25(32-21)17-11-28-24-16(17)10-27-12-29-24/h7-15,22-23H,1-6H2,(H,33,34)(H,27,28,29)(H,30,31,32). The van der Waals surface area contributed by atoms with Gasteiger partial charge in [-0.25, -0.2) is 19.9 Å². The van der Waals surface area contributed by atoms with Crippen LogP contribution in [0.3, 0.4) is 0 Å². The second kappa shape index (κ2) is 8.12. The summed E-state index contributed by atoms with van der Waals surface area (Å²) in [5.74, 6) is 1.46. The minimum atomic E-state index is -0.701. The molecule has 4 aromatic heterocycles. The second-order valence-corrected chi connectivity index (χ2v) is 11.3. The summed E-state index contributed by atoms with van der Waals surface area (Å²) in [4.78, 5) is 36.3. The number of fused-ring (bicyclic) bond motifs is 4. The van der Waals surface area contributed by atoms with Crippen molar-refractivity contribution in [2.24, 2.45) is 17.8 Å². The van der Waals surface area contributed by atoms with Crippen LogP contribution in [-0.2, 0) is 4.79 Å². The Balaban J connectivity index is 1.32. The zero-order valence-corrected chi connectivity index (χ0v) is 20.0. The van der Waals surface area contributed by atoms with E-state index < -0.39 is 5.97 Å². The molecule has 4 saturated carbocycles. The summed E-state index contributed by atoms with van der Waals surface area (Å²) in [5.41, 5.74) is 2.43. The molecule has 8 rings (SSSR count). The molecule has 0 aliphatic heterocycles. The van der Waals surface area contributed by atoms with Crippen LogP contribution in [0.2, 0.25) is 0 Å². The van der Waals surface area contributed by atoms with Crippen LogP contribution < -0.4 is 5.32 Å². The Morgan fingerprint density at radius 3 is 2.71 bits per heavy atom. The Morgan fingerprint density at radius 2 is 1.91 bits per heavy atom. The predicted molar refractivity (Wildman–Crippen MR) is 134 cm³/mol. The molecular weight excluding hydrogens is 460 g/mol. The molecular formula is C26H26N6O2S. The number of hydrogen-bond acceptors (Lipinski definition) is 7. The molecule has 178 valence electrons. The molecule has 0 amide bonds. The van der Waals surface area contributed by atoms with Crippen molar-refractivity contribution < 1.29 is 9.90 Å². The first-order valence-corrected chi connectivity index (χ1v) is 13.2. The lowest BCUT2D eigenvalue weighted by Gasteiger charge is -2.47. The molecule has 0 radical (unpaired) electrons. The molecule has 4 heterocycles. The molecule has 0 aromatic carbocycles. The first-order valence-electron chi connectivity index (χ1n) is 12.4. The Labute approximate surface area is 206 Å². The van der Waals surface area contributed by atoms with E-state index in [1.807, 2.05) is 12.3 Å². The average Bonchev–Trinajstić information content (AvgIpc) is 3.44. The number of aromatic amines is 1. The lowest BCUT2D eigenvalue weighted by molar-refractivity contribution is -0.148. The molecule has 9 heteroatoms. The first-order chi connectivity index (χ1) is 17.1. The molecule has 35 heavy (non-hydrogen) atoms. The highest BCUT2D eigenvalue weighted by Crippen LogP contribution is 2.47. The average molecular weight is 487 g/mol. The van der Waals surface area contributed by atoms with Crippen molar-refractivity contribution in [1.82, 2.24) is 24.9 Å². The van der Waals surface area contributed by atoms with Crippen LogP contribution in [0.25, 0.3) is 33.0 Å². The van der Waals surface area contributed by atoms with E-state index in [9.17, 15) is 9.90 Å². The maximum Gasteiger partial charge on any atom is 0.308 e. The van der Waals surface area contributed by atoms with Crippen molar-refractivity contribution in [1.29, 1.82) is 0 Å². The number of hydrogen-bond donors (Lipinski definition) is 3. The van der Waals surface area contributed by atoms with E-state index in [0.717, 1.165) is 52.9 Å². The molecule has 2 atom stereocenters. The summed E-state index contributed by atoms with van der Waals surface area (Å²) in [7, 11) is 0. The molecule has 4 aromatic rings. The van der Waals surface area contributed by atoms with Gasteiger partial charge in [-0.15, -0.1) is 11.3 Å². The van der Waals surface area contributed by atoms with Gasteiger partial charge in [0.1, 0.15) is 17.8 Å². The van der Waals surface area contributed by atoms with Crippen molar-refractivity contribution in [3.05, 3.63) is 41.8 Å². The number of aliphatic carboxylic acids is 1. The maximum absolute atomic E-state index is 12.2. The summed E-state index contributed by atoms with van der Waals surface area (Å²) < 4.78 is 0. The summed E-state index contributed by atoms with van der Waals surface area (Å²) in [6, 6.07) is 6.23. The zero-order valence-electron chi connectivity index (χ0n) is 19.1. The fraction of sp³-hybridized carbons (Fsp3) is 0.423. The van der Waals surface area contributed by atoms with Gasteiger partial charge in [-0.1, -0.05) is 0 Å². The van der Waals surface area contributed by atoms with Gasteiger partial charge in [0.15, 0.2) is 5.82 Å². The fourth-order valence-corrected chi connectivity index (χ4v) is 7.21. The minimum Gasteiger partial charge on any atom is -0.481 e. The van der Waals surface area contributed by atoms with Gasteiger partial charge < -0.3 is 15.4 Å². The fourth-order valence-electron chi connectivity index (χ4n) is 6.07. The summed E-state index contributed by atoms with van der Waals surface area (Å²) in [6.45, 7) is 0. The van der Waals surface area contributed by atoms with Crippen LogP contribution in [-0.4, -0.2) is 42.0 Å². The Bertz CT molecular complexity index is 1420. The smallest absolute Gasteiger partial charge is 0.308 e. The van der Waals surface area contributed by atoms with Crippen LogP contribution in [0.5, 0.6) is 0 Å². The molecule has 3 N–H and O–H groups in total. The lowest BCUT2D eigenvalue weighted by atomic mass is 9.61. The second-order valence-electron chi connectivity index (χ2n) is 10.1. The maximum atomic E-state index is 12.2. The third-order valence-corrected chi connectivity index (χ3v) is 9.27. The molecule has 0 saturated heterocycles. The van der Waals surface area contributed by atoms with Gasteiger partial charge in [0.2, 0.25) is 0 Å². The van der Waals surface area contributed by atoms with Crippen molar-refractivity contribution in [3.63, 3.8) is 0 Å². The number of carboxylic acids is 1. The van der Waals surface area contributed by atoms with Crippen molar-refractivity contribution >= 4 is 34.2 Å². The van der Waals surface area contributed by atoms with Crippen molar-refractivity contribution in [3.8, 4) is 22.0 Å². The minimum absolute atomic E-state index is 0.118. The molecule has 4 aliphatic rings. The predicted octanol–water partition coefficient (Wildman–Crippen LogP) is 5.32. The molecule has 8 nitrogen and oxygen atoms in total. The van der Waals surface area contributed by atoms with Crippen LogP contribution in [0.1, 0.15) is 49.3 Å². The highest BCUT2D eigenvalue weighted by atomic mass is 32.1. The van der Waals surface area contributed by atoms with Gasteiger partial charge in [-0.2, -0.15) is 0 Å².